The van der Waals surface area contributed by atoms with Crippen LogP contribution in [0, 0.1) is 0 Å². The van der Waals surface area contributed by atoms with E-state index in [0.29, 0.717) is 35.2 Å². The second kappa shape index (κ2) is 10.3. The third-order valence-corrected chi connectivity index (χ3v) is 9.01. The number of hydrogen-bond donors (Lipinski definition) is 3. The number of thiazole rings is 1. The van der Waals surface area contributed by atoms with Gasteiger partial charge in [-0.15, -0.1) is 11.3 Å². The molecule has 4 N–H and O–H groups in total. The lowest BCUT2D eigenvalue weighted by Gasteiger charge is -2.38. The standard InChI is InChI=1S/C27H36N8O2S/c1-27(2)12-16-13-29-25(28)31-21(16)22-20(27)23(34-33-22)24(36)32-26-30-17(15-38-26)14-37-19-8-6-18(7-9-19)35-10-4-3-5-11-35/h13,15,18-19H,3-12,14H2,1-2H3,(H,33,34)(H2,28,29,31)(H,30,32,36). The van der Waals surface area contributed by atoms with E-state index in [1.807, 2.05) is 5.38 Å². The van der Waals surface area contributed by atoms with Crippen molar-refractivity contribution in [1.29, 1.82) is 0 Å². The van der Waals surface area contributed by atoms with Gasteiger partial charge in [-0.1, -0.05) is 20.3 Å². The van der Waals surface area contributed by atoms with Crippen molar-refractivity contribution < 1.29 is 9.53 Å². The fourth-order valence-electron chi connectivity index (χ4n) is 6.31. The number of likely N-dealkylation sites (tertiary alicyclic amines) is 1. The van der Waals surface area contributed by atoms with Gasteiger partial charge in [-0.2, -0.15) is 5.10 Å². The van der Waals surface area contributed by atoms with Crippen molar-refractivity contribution in [3.8, 4) is 11.4 Å². The summed E-state index contributed by atoms with van der Waals surface area (Å²) in [5.41, 5.74) is 9.91. The summed E-state index contributed by atoms with van der Waals surface area (Å²) in [6.45, 7) is 7.18. The molecule has 202 valence electrons. The molecule has 1 saturated heterocycles. The highest BCUT2D eigenvalue weighted by Crippen LogP contribution is 2.43. The molecule has 0 unspecified atom stereocenters. The SMILES string of the molecule is CC1(C)Cc2cnc(N)nc2-c2n[nH]c(C(=O)Nc3nc(COC4CCC(N5CCCCC5)CC4)cs3)c21. The van der Waals surface area contributed by atoms with E-state index in [4.69, 9.17) is 10.5 Å². The van der Waals surface area contributed by atoms with Crippen LogP contribution in [0.4, 0.5) is 11.1 Å². The first kappa shape index (κ1) is 25.4. The van der Waals surface area contributed by atoms with Crippen LogP contribution in [0.5, 0.6) is 0 Å². The summed E-state index contributed by atoms with van der Waals surface area (Å²) in [5.74, 6) is -0.0776. The fraction of sp³-hybridized carbons (Fsp3) is 0.593. The number of carbonyl (C=O) groups excluding carboxylic acids is 1. The molecule has 1 saturated carbocycles. The van der Waals surface area contributed by atoms with Crippen molar-refractivity contribution in [2.75, 3.05) is 24.1 Å². The second-order valence-corrected chi connectivity index (χ2v) is 12.3. The Bertz CT molecular complexity index is 1300. The maximum Gasteiger partial charge on any atom is 0.275 e. The number of nitrogens with one attached hydrogen (secondary N) is 2. The Morgan fingerprint density at radius 3 is 2.76 bits per heavy atom. The highest BCUT2D eigenvalue weighted by molar-refractivity contribution is 7.14. The van der Waals surface area contributed by atoms with Crippen LogP contribution in [0.3, 0.4) is 0 Å². The third kappa shape index (κ3) is 5.06. The Morgan fingerprint density at radius 1 is 1.18 bits per heavy atom. The number of fused-ring (bicyclic) bond motifs is 3. The van der Waals surface area contributed by atoms with Gasteiger partial charge >= 0.3 is 0 Å². The number of aromatic amines is 1. The first-order chi connectivity index (χ1) is 18.4. The molecule has 3 aromatic rings. The zero-order valence-electron chi connectivity index (χ0n) is 22.1. The predicted octanol–water partition coefficient (Wildman–Crippen LogP) is 4.31. The molecule has 0 spiro atoms. The van der Waals surface area contributed by atoms with Crippen molar-refractivity contribution in [1.82, 2.24) is 30.0 Å². The minimum absolute atomic E-state index is 0.191. The molecule has 2 fully saturated rings. The monoisotopic (exact) mass is 536 g/mol. The van der Waals surface area contributed by atoms with E-state index >= 15 is 0 Å². The van der Waals surface area contributed by atoms with Crippen LogP contribution >= 0.6 is 11.3 Å². The van der Waals surface area contributed by atoms with Gasteiger partial charge in [0.05, 0.1) is 24.1 Å². The molecule has 1 aliphatic heterocycles. The van der Waals surface area contributed by atoms with Gasteiger partial charge in [0, 0.05) is 23.2 Å². The highest BCUT2D eigenvalue weighted by atomic mass is 32.1. The maximum absolute atomic E-state index is 13.3. The average Bonchev–Trinajstić information content (AvgIpc) is 3.57. The Morgan fingerprint density at radius 2 is 1.97 bits per heavy atom. The summed E-state index contributed by atoms with van der Waals surface area (Å²) in [7, 11) is 0. The first-order valence-corrected chi connectivity index (χ1v) is 14.6. The van der Waals surface area contributed by atoms with Crippen molar-refractivity contribution >= 4 is 28.3 Å². The lowest BCUT2D eigenvalue weighted by atomic mass is 9.73. The Hall–Kier alpha value is -2.89. The molecule has 38 heavy (non-hydrogen) atoms. The summed E-state index contributed by atoms with van der Waals surface area (Å²) < 4.78 is 6.21. The number of nitrogens with two attached hydrogens (primary N) is 1. The van der Waals surface area contributed by atoms with Gasteiger partial charge in [0.1, 0.15) is 11.4 Å². The second-order valence-electron chi connectivity index (χ2n) is 11.4. The zero-order chi connectivity index (χ0) is 26.3. The lowest BCUT2D eigenvalue weighted by molar-refractivity contribution is -0.00581. The smallest absolute Gasteiger partial charge is 0.275 e. The molecule has 0 aromatic carbocycles. The molecular formula is C27H36N8O2S. The molecule has 3 aromatic heterocycles. The third-order valence-electron chi connectivity index (χ3n) is 8.20. The van der Waals surface area contributed by atoms with Crippen LogP contribution in [-0.4, -0.2) is 61.2 Å². The molecule has 3 aliphatic rings. The van der Waals surface area contributed by atoms with Crippen molar-refractivity contribution in [2.45, 2.75) is 89.4 Å². The van der Waals surface area contributed by atoms with Gasteiger partial charge in [-0.3, -0.25) is 15.2 Å². The van der Waals surface area contributed by atoms with Gasteiger partial charge in [-0.05, 0) is 69.0 Å². The normalized spacial score (nSPS) is 23.0. The fourth-order valence-corrected chi connectivity index (χ4v) is 7.00. The number of piperidine rings is 1. The van der Waals surface area contributed by atoms with Gasteiger partial charge < -0.3 is 15.4 Å². The van der Waals surface area contributed by atoms with Gasteiger partial charge in [-0.25, -0.2) is 15.0 Å². The lowest BCUT2D eigenvalue weighted by Crippen LogP contribution is -2.42. The molecule has 0 bridgehead atoms. The Labute approximate surface area is 226 Å². The Kier molecular flexibility index (Phi) is 6.92. The summed E-state index contributed by atoms with van der Waals surface area (Å²) >= 11 is 1.41. The van der Waals surface area contributed by atoms with Crippen LogP contribution in [0.25, 0.3) is 11.4 Å². The number of anilines is 2. The van der Waals surface area contributed by atoms with Crippen molar-refractivity contribution in [3.05, 3.63) is 34.1 Å². The van der Waals surface area contributed by atoms with E-state index in [0.717, 1.165) is 35.7 Å². The number of H-pyrrole nitrogens is 1. The molecule has 2 aliphatic carbocycles. The number of carbonyl (C=O) groups is 1. The summed E-state index contributed by atoms with van der Waals surface area (Å²) in [6, 6.07) is 0.729. The molecule has 0 radical (unpaired) electrons. The number of amides is 1. The van der Waals surface area contributed by atoms with E-state index in [1.54, 1.807) is 6.20 Å². The van der Waals surface area contributed by atoms with Gasteiger partial charge in [0.25, 0.3) is 5.91 Å². The minimum Gasteiger partial charge on any atom is -0.372 e. The summed E-state index contributed by atoms with van der Waals surface area (Å²) in [6.07, 6.45) is 11.4. The molecule has 1 amide bonds. The topological polar surface area (TPSA) is 135 Å². The maximum atomic E-state index is 13.3. The van der Waals surface area contributed by atoms with E-state index in [9.17, 15) is 4.79 Å². The van der Waals surface area contributed by atoms with Crippen molar-refractivity contribution in [3.63, 3.8) is 0 Å². The summed E-state index contributed by atoms with van der Waals surface area (Å²) in [4.78, 5) is 29.1. The molecule has 4 heterocycles. The van der Waals surface area contributed by atoms with Crippen LogP contribution < -0.4 is 11.1 Å². The van der Waals surface area contributed by atoms with Gasteiger partial charge in [0.15, 0.2) is 5.13 Å². The number of hydrogen-bond acceptors (Lipinski definition) is 9. The zero-order valence-corrected chi connectivity index (χ0v) is 22.9. The Balaban J connectivity index is 1.06. The van der Waals surface area contributed by atoms with Crippen LogP contribution in [-0.2, 0) is 23.2 Å². The van der Waals surface area contributed by atoms with E-state index < -0.39 is 0 Å². The van der Waals surface area contributed by atoms with Crippen LogP contribution in [0.1, 0.15) is 86.1 Å². The quantitative estimate of drug-likeness (QED) is 0.424. The van der Waals surface area contributed by atoms with Crippen LogP contribution in [0.2, 0.25) is 0 Å². The largest absolute Gasteiger partial charge is 0.372 e. The molecule has 0 atom stereocenters. The molecular weight excluding hydrogens is 500 g/mol. The van der Waals surface area contributed by atoms with Gasteiger partial charge in [0.2, 0.25) is 5.95 Å². The first-order valence-electron chi connectivity index (χ1n) is 13.7. The molecule has 6 rings (SSSR count). The van der Waals surface area contributed by atoms with E-state index in [-0.39, 0.29) is 23.4 Å². The number of ether oxygens (including phenoxy) is 1. The van der Waals surface area contributed by atoms with E-state index in [1.165, 1.54) is 56.5 Å². The van der Waals surface area contributed by atoms with Crippen molar-refractivity contribution in [2.24, 2.45) is 0 Å². The molecule has 10 nitrogen and oxygen atoms in total. The predicted molar refractivity (Wildman–Crippen MR) is 147 cm³/mol. The van der Waals surface area contributed by atoms with E-state index in [2.05, 4.69) is 49.2 Å². The number of nitrogens with zero attached hydrogens (tertiary/aromatic N) is 5. The minimum atomic E-state index is -0.323. The number of nitrogen functional groups attached to an aromatic ring is 1. The number of aromatic nitrogens is 5. The average molecular weight is 537 g/mol. The summed E-state index contributed by atoms with van der Waals surface area (Å²) in [5, 5.41) is 12.8. The number of rotatable bonds is 6. The highest BCUT2D eigenvalue weighted by Gasteiger charge is 2.38. The molecule has 11 heteroatoms. The van der Waals surface area contributed by atoms with Crippen LogP contribution in [0.15, 0.2) is 11.6 Å².